The molecule has 7 heteroatoms. The quantitative estimate of drug-likeness (QED) is 0.539. The summed E-state index contributed by atoms with van der Waals surface area (Å²) in [7, 11) is 0. The zero-order valence-corrected chi connectivity index (χ0v) is 16.8. The molecule has 6 nitrogen and oxygen atoms in total. The van der Waals surface area contributed by atoms with Crippen LogP contribution in [0.5, 0.6) is 5.88 Å². The lowest BCUT2D eigenvalue weighted by molar-refractivity contribution is 0.0995. The van der Waals surface area contributed by atoms with Gasteiger partial charge in [0, 0.05) is 15.4 Å². The zero-order valence-electron chi connectivity index (χ0n) is 15.3. The molecule has 27 heavy (non-hydrogen) atoms. The predicted molar refractivity (Wildman–Crippen MR) is 110 cm³/mol. The Morgan fingerprint density at radius 2 is 1.85 bits per heavy atom. The second kappa shape index (κ2) is 8.45. The van der Waals surface area contributed by atoms with Crippen molar-refractivity contribution in [2.75, 3.05) is 13.1 Å². The molecule has 1 N–H and O–H groups in total. The molecule has 0 aliphatic heterocycles. The fourth-order valence-electron chi connectivity index (χ4n) is 2.89. The molecule has 0 spiro atoms. The smallest absolute Gasteiger partial charge is 0.295 e. The highest BCUT2D eigenvalue weighted by molar-refractivity contribution is 9.10. The van der Waals surface area contributed by atoms with Crippen molar-refractivity contribution in [3.63, 3.8) is 0 Å². The average molecular weight is 429 g/mol. The molecule has 0 aliphatic carbocycles. The van der Waals surface area contributed by atoms with Crippen molar-refractivity contribution in [2.24, 2.45) is 10.2 Å². The minimum atomic E-state index is -0.449. The number of aromatic nitrogens is 1. The molecule has 0 unspecified atom stereocenters. The summed E-state index contributed by atoms with van der Waals surface area (Å²) in [4.78, 5) is 14.4. The highest BCUT2D eigenvalue weighted by Crippen LogP contribution is 2.40. The first-order valence-corrected chi connectivity index (χ1v) is 9.58. The minimum absolute atomic E-state index is 0.000360. The summed E-state index contributed by atoms with van der Waals surface area (Å²) in [5, 5.41) is 19.4. The second-order valence-corrected chi connectivity index (χ2v) is 6.99. The van der Waals surface area contributed by atoms with E-state index < -0.39 is 5.91 Å². The molecular weight excluding hydrogens is 408 g/mol. The standard InChI is InChI=1S/C20H21BrN4O2/c1-3-24(4-2)13-25-17-11-10-15(21)12-16(17)18(20(25)27)22-23-19(26)14-8-6-5-7-9-14/h5-12,27H,3-4,13H2,1-2H3. The third-order valence-electron chi connectivity index (χ3n) is 4.47. The van der Waals surface area contributed by atoms with E-state index in [0.717, 1.165) is 28.5 Å². The number of carbonyl (C=O) groups is 1. The van der Waals surface area contributed by atoms with Crippen molar-refractivity contribution in [2.45, 2.75) is 20.5 Å². The maximum atomic E-state index is 12.2. The van der Waals surface area contributed by atoms with Crippen LogP contribution in [-0.2, 0) is 6.67 Å². The van der Waals surface area contributed by atoms with Crippen molar-refractivity contribution in [3.05, 3.63) is 58.6 Å². The molecule has 140 valence electrons. The molecule has 0 saturated heterocycles. The lowest BCUT2D eigenvalue weighted by Crippen LogP contribution is -2.25. The highest BCUT2D eigenvalue weighted by atomic mass is 79.9. The third kappa shape index (κ3) is 4.09. The van der Waals surface area contributed by atoms with Gasteiger partial charge in [0.2, 0.25) is 5.88 Å². The molecule has 1 heterocycles. The number of nitrogens with zero attached hydrogens (tertiary/aromatic N) is 4. The van der Waals surface area contributed by atoms with E-state index in [2.05, 4.69) is 44.9 Å². The number of hydrogen-bond donors (Lipinski definition) is 1. The maximum absolute atomic E-state index is 12.2. The Balaban J connectivity index is 2.04. The normalized spacial score (nSPS) is 11.7. The topological polar surface area (TPSA) is 70.2 Å². The van der Waals surface area contributed by atoms with E-state index in [1.807, 2.05) is 24.3 Å². The van der Waals surface area contributed by atoms with Gasteiger partial charge in [0.1, 0.15) is 0 Å². The first kappa shape index (κ1) is 19.3. The molecule has 0 aliphatic rings. The van der Waals surface area contributed by atoms with Gasteiger partial charge in [0.05, 0.1) is 12.2 Å². The largest absolute Gasteiger partial charge is 0.493 e. The summed E-state index contributed by atoms with van der Waals surface area (Å²) in [6, 6.07) is 14.4. The number of carbonyl (C=O) groups excluding carboxylic acids is 1. The number of rotatable bonds is 6. The molecule has 0 fully saturated rings. The van der Waals surface area contributed by atoms with Gasteiger partial charge in [-0.2, -0.15) is 0 Å². The first-order chi connectivity index (χ1) is 13.0. The Bertz CT molecular complexity index is 979. The molecule has 0 radical (unpaired) electrons. The second-order valence-electron chi connectivity index (χ2n) is 6.08. The van der Waals surface area contributed by atoms with E-state index >= 15 is 0 Å². The van der Waals surface area contributed by atoms with Crippen molar-refractivity contribution in [1.82, 2.24) is 9.47 Å². The number of benzene rings is 2. The minimum Gasteiger partial charge on any atom is -0.493 e. The van der Waals surface area contributed by atoms with E-state index in [0.29, 0.717) is 17.9 Å². The van der Waals surface area contributed by atoms with Crippen LogP contribution in [0.4, 0.5) is 5.69 Å². The summed E-state index contributed by atoms with van der Waals surface area (Å²) in [5.41, 5.74) is 1.58. The van der Waals surface area contributed by atoms with E-state index in [1.165, 1.54) is 0 Å². The molecule has 0 saturated carbocycles. The molecule has 0 atom stereocenters. The Morgan fingerprint density at radius 3 is 2.52 bits per heavy atom. The van der Waals surface area contributed by atoms with Crippen LogP contribution in [0.3, 0.4) is 0 Å². The molecule has 3 rings (SSSR count). The summed E-state index contributed by atoms with van der Waals surface area (Å²) >= 11 is 3.45. The van der Waals surface area contributed by atoms with E-state index in [4.69, 9.17) is 0 Å². The van der Waals surface area contributed by atoms with Crippen molar-refractivity contribution in [3.8, 4) is 5.88 Å². The van der Waals surface area contributed by atoms with Gasteiger partial charge in [-0.15, -0.1) is 10.2 Å². The van der Waals surface area contributed by atoms with Crippen LogP contribution in [0.15, 0.2) is 63.2 Å². The summed E-state index contributed by atoms with van der Waals surface area (Å²) in [6.07, 6.45) is 0. The SMILES string of the molecule is CCN(CC)Cn1c(O)c(N=NC(=O)c2ccccc2)c2cc(Br)ccc21. The fraction of sp³-hybridized carbons (Fsp3) is 0.250. The van der Waals surface area contributed by atoms with Gasteiger partial charge in [0.15, 0.2) is 5.69 Å². The summed E-state index contributed by atoms with van der Waals surface area (Å²) in [5.74, 6) is -0.450. The lowest BCUT2D eigenvalue weighted by Gasteiger charge is -2.20. The fourth-order valence-corrected chi connectivity index (χ4v) is 3.26. The molecular formula is C20H21BrN4O2. The third-order valence-corrected chi connectivity index (χ3v) is 4.96. The Morgan fingerprint density at radius 1 is 1.15 bits per heavy atom. The van der Waals surface area contributed by atoms with Crippen molar-refractivity contribution < 1.29 is 9.90 Å². The molecule has 1 amide bonds. The van der Waals surface area contributed by atoms with Crippen LogP contribution in [-0.4, -0.2) is 33.6 Å². The molecule has 1 aromatic heterocycles. The number of amides is 1. The Kier molecular flexibility index (Phi) is 6.03. The monoisotopic (exact) mass is 428 g/mol. The number of halogens is 1. The van der Waals surface area contributed by atoms with Crippen LogP contribution in [0, 0.1) is 0 Å². The van der Waals surface area contributed by atoms with Gasteiger partial charge in [-0.25, -0.2) is 0 Å². The zero-order chi connectivity index (χ0) is 19.4. The summed E-state index contributed by atoms with van der Waals surface area (Å²) in [6.45, 7) is 6.38. The van der Waals surface area contributed by atoms with Crippen LogP contribution >= 0.6 is 15.9 Å². The Hall–Kier alpha value is -2.51. The average Bonchev–Trinajstić information content (AvgIpc) is 2.95. The van der Waals surface area contributed by atoms with Gasteiger partial charge in [-0.3, -0.25) is 14.3 Å². The van der Waals surface area contributed by atoms with Crippen LogP contribution in [0.2, 0.25) is 0 Å². The van der Waals surface area contributed by atoms with Gasteiger partial charge in [0.25, 0.3) is 5.91 Å². The summed E-state index contributed by atoms with van der Waals surface area (Å²) < 4.78 is 2.65. The Labute approximate surface area is 166 Å². The molecule has 0 bridgehead atoms. The van der Waals surface area contributed by atoms with Crippen LogP contribution in [0.25, 0.3) is 10.9 Å². The van der Waals surface area contributed by atoms with Crippen molar-refractivity contribution in [1.29, 1.82) is 0 Å². The number of hydrogen-bond acceptors (Lipinski definition) is 4. The number of aromatic hydroxyl groups is 1. The van der Waals surface area contributed by atoms with E-state index in [1.54, 1.807) is 28.8 Å². The van der Waals surface area contributed by atoms with Gasteiger partial charge in [-0.1, -0.05) is 48.0 Å². The van der Waals surface area contributed by atoms with E-state index in [-0.39, 0.29) is 5.88 Å². The van der Waals surface area contributed by atoms with Crippen LogP contribution in [0.1, 0.15) is 24.2 Å². The maximum Gasteiger partial charge on any atom is 0.295 e. The molecule has 2 aromatic carbocycles. The van der Waals surface area contributed by atoms with Crippen molar-refractivity contribution >= 4 is 38.4 Å². The van der Waals surface area contributed by atoms with E-state index in [9.17, 15) is 9.90 Å². The lowest BCUT2D eigenvalue weighted by atomic mass is 10.2. The predicted octanol–water partition coefficient (Wildman–Crippen LogP) is 5.33. The van der Waals surface area contributed by atoms with Gasteiger partial charge < -0.3 is 5.11 Å². The van der Waals surface area contributed by atoms with Gasteiger partial charge >= 0.3 is 0 Å². The number of azo groups is 1. The van der Waals surface area contributed by atoms with Gasteiger partial charge in [-0.05, 0) is 43.4 Å². The number of fused-ring (bicyclic) bond motifs is 1. The first-order valence-electron chi connectivity index (χ1n) is 8.79. The highest BCUT2D eigenvalue weighted by Gasteiger charge is 2.18. The van der Waals surface area contributed by atoms with Crippen LogP contribution < -0.4 is 0 Å². The molecule has 3 aromatic rings.